The van der Waals surface area contributed by atoms with Crippen LogP contribution in [0.4, 0.5) is 27.9 Å². The summed E-state index contributed by atoms with van der Waals surface area (Å²) in [5, 5.41) is 25.9. The molecule has 4 aromatic heterocycles. The van der Waals surface area contributed by atoms with Crippen LogP contribution in [-0.4, -0.2) is 64.1 Å². The van der Waals surface area contributed by atoms with Crippen molar-refractivity contribution in [3.8, 4) is 34.3 Å². The third-order valence-corrected chi connectivity index (χ3v) is 11.2. The molecule has 19 heteroatoms. The van der Waals surface area contributed by atoms with Crippen LogP contribution in [0.15, 0.2) is 95.6 Å². The average Bonchev–Trinajstić information content (AvgIpc) is 3.63. The molecule has 1 aliphatic heterocycles. The van der Waals surface area contributed by atoms with Gasteiger partial charge in [0.05, 0.1) is 22.0 Å². The van der Waals surface area contributed by atoms with Gasteiger partial charge in [-0.2, -0.15) is 0 Å². The van der Waals surface area contributed by atoms with Gasteiger partial charge in [0, 0.05) is 53.2 Å². The van der Waals surface area contributed by atoms with Gasteiger partial charge >= 0.3 is 5.97 Å². The number of aromatic nitrogens is 5. The van der Waals surface area contributed by atoms with E-state index in [9.17, 15) is 33.4 Å². The predicted octanol–water partition coefficient (Wildman–Crippen LogP) is 8.03. The molecule has 3 unspecified atom stereocenters. The number of carboxylic acids is 1. The molecule has 0 fully saturated rings. The zero-order chi connectivity index (χ0) is 44.0. The maximum absolute atomic E-state index is 16.8. The van der Waals surface area contributed by atoms with E-state index in [2.05, 4.69) is 20.6 Å². The number of hydrogen-bond donors (Lipinski definition) is 4. The number of aromatic carboxylic acids is 1. The fourth-order valence-electron chi connectivity index (χ4n) is 7.46. The summed E-state index contributed by atoms with van der Waals surface area (Å²) in [5.74, 6) is -18.0. The Labute approximate surface area is 352 Å². The number of nitrogens with one attached hydrogen (secondary N) is 2. The number of ether oxygens (including phenoxy) is 1. The number of amides is 1. The van der Waals surface area contributed by atoms with Crippen LogP contribution in [0.3, 0.4) is 0 Å². The average molecular weight is 870 g/mol. The third-order valence-electron chi connectivity index (χ3n) is 10.1. The fourth-order valence-corrected chi connectivity index (χ4v) is 8.27. The Morgan fingerprint density at radius 1 is 0.984 bits per heavy atom. The van der Waals surface area contributed by atoms with Gasteiger partial charge in [-0.15, -0.1) is 11.8 Å². The molecular formula is C43H32F5N7O6S. The standard InChI is InChI=1S/C43H32F5N7O6S/c1-3-7-30(53-43-49-12-11-25(51-43)40-39(24-9-6-8-19(2)50-24)54-31-10-4-5-13-55(31)40)52-32(58)18-62-41-37(47)34(35(42(59)60)36(46)38(41)48)33-20-14-22(44)26(56)16-28(20)61-29-17-27(57)23(45)15-21(29)33/h4-6,8-17,20,30,33,57H,3,7,18H2,1-2H3,(H,52,58)(H,59,60)(H,49,51,53). The van der Waals surface area contributed by atoms with E-state index >= 15 is 13.2 Å². The fraction of sp³-hybridized carbons (Fsp3) is 0.186. The number of phenols is 1. The number of carbonyl (C=O) groups is 3. The first-order valence-electron chi connectivity index (χ1n) is 18.9. The highest BCUT2D eigenvalue weighted by Crippen LogP contribution is 2.52. The molecule has 1 aliphatic carbocycles. The van der Waals surface area contributed by atoms with Crippen molar-refractivity contribution >= 4 is 41.0 Å². The number of aromatic hydroxyl groups is 1. The minimum Gasteiger partial charge on any atom is -0.505 e. The second-order valence-electron chi connectivity index (χ2n) is 14.2. The van der Waals surface area contributed by atoms with E-state index in [4.69, 9.17) is 14.7 Å². The summed E-state index contributed by atoms with van der Waals surface area (Å²) in [6.45, 7) is 3.71. The van der Waals surface area contributed by atoms with E-state index in [0.717, 1.165) is 11.8 Å². The highest BCUT2D eigenvalue weighted by Gasteiger charge is 2.44. The van der Waals surface area contributed by atoms with Crippen molar-refractivity contribution in [1.29, 1.82) is 0 Å². The lowest BCUT2D eigenvalue weighted by Gasteiger charge is -2.36. The van der Waals surface area contributed by atoms with E-state index in [1.807, 2.05) is 60.8 Å². The molecule has 2 aromatic carbocycles. The molecule has 8 rings (SSSR count). The molecule has 62 heavy (non-hydrogen) atoms. The van der Waals surface area contributed by atoms with Gasteiger partial charge in [-0.1, -0.05) is 25.5 Å². The Morgan fingerprint density at radius 3 is 2.55 bits per heavy atom. The van der Waals surface area contributed by atoms with Crippen molar-refractivity contribution in [3.63, 3.8) is 0 Å². The number of phenolic OH excluding ortho intramolecular Hbond substituents is 1. The third kappa shape index (κ3) is 7.70. The molecule has 1 amide bonds. The number of fused-ring (bicyclic) bond motifs is 3. The van der Waals surface area contributed by atoms with Gasteiger partial charge < -0.3 is 25.6 Å². The first-order valence-corrected chi connectivity index (χ1v) is 19.9. The highest BCUT2D eigenvalue weighted by atomic mass is 32.2. The molecule has 0 bridgehead atoms. The Morgan fingerprint density at radius 2 is 1.79 bits per heavy atom. The van der Waals surface area contributed by atoms with Crippen LogP contribution < -0.4 is 15.4 Å². The van der Waals surface area contributed by atoms with Gasteiger partial charge in [-0.25, -0.2) is 41.7 Å². The van der Waals surface area contributed by atoms with Crippen molar-refractivity contribution in [2.75, 3.05) is 11.1 Å². The summed E-state index contributed by atoms with van der Waals surface area (Å²) in [4.78, 5) is 55.5. The van der Waals surface area contributed by atoms with E-state index in [1.165, 1.54) is 6.20 Å². The summed E-state index contributed by atoms with van der Waals surface area (Å²) in [7, 11) is 0. The number of imidazole rings is 1. The van der Waals surface area contributed by atoms with Gasteiger partial charge in [0.25, 0.3) is 0 Å². The smallest absolute Gasteiger partial charge is 0.339 e. The molecule has 6 aromatic rings. The number of pyridine rings is 2. The molecule has 0 saturated heterocycles. The number of carboxylic acid groups (broad SMARTS) is 1. The second-order valence-corrected chi connectivity index (χ2v) is 15.2. The molecule has 316 valence electrons. The number of ketones is 1. The predicted molar refractivity (Wildman–Crippen MR) is 215 cm³/mol. The monoisotopic (exact) mass is 869 g/mol. The Kier molecular flexibility index (Phi) is 11.2. The molecule has 5 heterocycles. The van der Waals surface area contributed by atoms with Crippen molar-refractivity contribution in [3.05, 3.63) is 136 Å². The Bertz CT molecular complexity index is 2910. The largest absolute Gasteiger partial charge is 0.505 e. The van der Waals surface area contributed by atoms with Crippen molar-refractivity contribution in [2.45, 2.75) is 43.7 Å². The molecule has 3 atom stereocenters. The van der Waals surface area contributed by atoms with Crippen LogP contribution in [0.2, 0.25) is 0 Å². The number of rotatable bonds is 12. The Hall–Kier alpha value is -7.15. The number of halogens is 5. The molecule has 4 N–H and O–H groups in total. The SMILES string of the molecule is CCCC(NC(=O)CSc1c(F)c(F)c(C(=O)O)c(C2c3cc(F)c(O)cc3OC3=CC(=O)C(F)=CC32)c1F)Nc1nccc(-c2c(-c3cccc(C)n3)nc3ccccn23)n1. The van der Waals surface area contributed by atoms with Crippen LogP contribution in [-0.2, 0) is 9.59 Å². The molecule has 2 aliphatic rings. The summed E-state index contributed by atoms with van der Waals surface area (Å²) >= 11 is 0.207. The van der Waals surface area contributed by atoms with Crippen LogP contribution in [0, 0.1) is 36.1 Å². The van der Waals surface area contributed by atoms with E-state index in [1.54, 1.807) is 6.07 Å². The second kappa shape index (κ2) is 16.7. The summed E-state index contributed by atoms with van der Waals surface area (Å²) in [6.07, 6.45) is 4.74. The molecule has 0 radical (unpaired) electrons. The minimum atomic E-state index is -2.12. The van der Waals surface area contributed by atoms with Crippen molar-refractivity contribution in [2.24, 2.45) is 5.92 Å². The molecule has 0 spiro atoms. The topological polar surface area (TPSA) is 181 Å². The maximum Gasteiger partial charge on any atom is 0.339 e. The van der Waals surface area contributed by atoms with Gasteiger partial charge in [0.15, 0.2) is 29.0 Å². The van der Waals surface area contributed by atoms with E-state index < -0.39 is 92.3 Å². The maximum atomic E-state index is 16.8. The quantitative estimate of drug-likeness (QED) is 0.0403. The normalized spacial score (nSPS) is 16.1. The number of benzene rings is 2. The number of thioether (sulfide) groups is 1. The van der Waals surface area contributed by atoms with E-state index in [-0.39, 0.29) is 34.8 Å². The van der Waals surface area contributed by atoms with Crippen molar-refractivity contribution in [1.82, 2.24) is 29.7 Å². The van der Waals surface area contributed by atoms with Crippen LogP contribution >= 0.6 is 11.8 Å². The van der Waals surface area contributed by atoms with Crippen LogP contribution in [0.5, 0.6) is 11.5 Å². The number of hydrogen-bond acceptors (Lipinski definition) is 11. The Balaban J connectivity index is 1.08. The lowest BCUT2D eigenvalue weighted by atomic mass is 9.74. The summed E-state index contributed by atoms with van der Waals surface area (Å²) < 4.78 is 85.4. The van der Waals surface area contributed by atoms with Crippen LogP contribution in [0.25, 0.3) is 28.4 Å². The first-order chi connectivity index (χ1) is 29.7. The van der Waals surface area contributed by atoms with Crippen molar-refractivity contribution < 1.29 is 51.3 Å². The highest BCUT2D eigenvalue weighted by molar-refractivity contribution is 8.00. The number of allylic oxidation sites excluding steroid dienone is 3. The van der Waals surface area contributed by atoms with Gasteiger partial charge in [-0.3, -0.25) is 19.0 Å². The number of anilines is 1. The zero-order valence-corrected chi connectivity index (χ0v) is 33.2. The van der Waals surface area contributed by atoms with Gasteiger partial charge in [-0.05, 0) is 55.8 Å². The first kappa shape index (κ1) is 41.6. The molecular weight excluding hydrogens is 838 g/mol. The van der Waals surface area contributed by atoms with Gasteiger partial charge in [0.2, 0.25) is 17.6 Å². The summed E-state index contributed by atoms with van der Waals surface area (Å²) in [6, 6.07) is 14.2. The van der Waals surface area contributed by atoms with Gasteiger partial charge in [0.1, 0.15) is 46.1 Å². The zero-order valence-electron chi connectivity index (χ0n) is 32.4. The molecule has 0 saturated carbocycles. The number of aryl methyl sites for hydroxylation is 1. The lowest BCUT2D eigenvalue weighted by molar-refractivity contribution is -0.119. The molecule has 13 nitrogen and oxygen atoms in total. The minimum absolute atomic E-state index is 0.112. The number of nitrogens with zero attached hydrogens (tertiary/aromatic N) is 5. The lowest BCUT2D eigenvalue weighted by Crippen LogP contribution is -2.41. The summed E-state index contributed by atoms with van der Waals surface area (Å²) in [5.41, 5.74) is 0.799. The van der Waals surface area contributed by atoms with Crippen LogP contribution in [0.1, 0.15) is 52.9 Å². The van der Waals surface area contributed by atoms with E-state index in [0.29, 0.717) is 59.5 Å². The number of carbonyl (C=O) groups excluding carboxylic acids is 2.